The Kier molecular flexibility index (Phi) is 2.91. The van der Waals surface area contributed by atoms with Crippen LogP contribution < -0.4 is 5.32 Å². The molecule has 3 rings (SSSR count). The highest BCUT2D eigenvalue weighted by molar-refractivity contribution is 7.80. The Morgan fingerprint density at radius 3 is 2.95 bits per heavy atom. The predicted octanol–water partition coefficient (Wildman–Crippen LogP) is 1.49. The molecular formula is C14H13N3OS. The summed E-state index contributed by atoms with van der Waals surface area (Å²) in [5, 5.41) is 4.60. The van der Waals surface area contributed by atoms with Gasteiger partial charge in [0.25, 0.3) is 5.91 Å². The third-order valence-corrected chi connectivity index (χ3v) is 3.71. The molecule has 1 atom stereocenters. The van der Waals surface area contributed by atoms with Crippen LogP contribution in [0, 0.1) is 0 Å². The molecule has 1 aliphatic rings. The van der Waals surface area contributed by atoms with Gasteiger partial charge in [0.15, 0.2) is 5.11 Å². The molecule has 0 saturated carbocycles. The monoisotopic (exact) mass is 271 g/mol. The Labute approximate surface area is 116 Å². The van der Waals surface area contributed by atoms with E-state index >= 15 is 0 Å². The topological polar surface area (TPSA) is 45.2 Å². The van der Waals surface area contributed by atoms with Gasteiger partial charge < -0.3 is 5.32 Å². The molecule has 1 aliphatic heterocycles. The number of hydrogen-bond donors (Lipinski definition) is 1. The van der Waals surface area contributed by atoms with Crippen molar-refractivity contribution >= 4 is 34.1 Å². The Morgan fingerprint density at radius 2 is 2.21 bits per heavy atom. The Bertz CT molecular complexity index is 671. The van der Waals surface area contributed by atoms with Gasteiger partial charge in [-0.2, -0.15) is 0 Å². The van der Waals surface area contributed by atoms with E-state index < -0.39 is 0 Å². The van der Waals surface area contributed by atoms with Crippen LogP contribution in [0.15, 0.2) is 36.5 Å². The van der Waals surface area contributed by atoms with Crippen LogP contribution in [0.2, 0.25) is 0 Å². The number of nitrogens with zero attached hydrogens (tertiary/aromatic N) is 2. The molecule has 4 nitrogen and oxygen atoms in total. The summed E-state index contributed by atoms with van der Waals surface area (Å²) in [4.78, 5) is 17.8. The minimum Gasteiger partial charge on any atom is -0.350 e. The number of aromatic nitrogens is 1. The highest BCUT2D eigenvalue weighted by Gasteiger charge is 2.32. The lowest BCUT2D eigenvalue weighted by molar-refractivity contribution is -0.126. The number of carbonyl (C=O) groups is 1. The number of benzene rings is 1. The van der Waals surface area contributed by atoms with E-state index in [4.69, 9.17) is 12.2 Å². The lowest BCUT2D eigenvalue weighted by Crippen LogP contribution is -2.31. The van der Waals surface area contributed by atoms with E-state index in [2.05, 4.69) is 16.4 Å². The van der Waals surface area contributed by atoms with Crippen LogP contribution in [0.5, 0.6) is 0 Å². The van der Waals surface area contributed by atoms with E-state index in [9.17, 15) is 4.79 Å². The molecule has 0 spiro atoms. The van der Waals surface area contributed by atoms with E-state index in [0.717, 1.165) is 16.5 Å². The number of likely N-dealkylation sites (N-methyl/N-ethyl adjacent to an activating group) is 1. The van der Waals surface area contributed by atoms with Crippen LogP contribution in [-0.4, -0.2) is 34.0 Å². The van der Waals surface area contributed by atoms with Gasteiger partial charge in [0, 0.05) is 25.1 Å². The number of fused-ring (bicyclic) bond motifs is 1. The van der Waals surface area contributed by atoms with Gasteiger partial charge in [-0.3, -0.25) is 14.7 Å². The number of rotatable bonds is 2. The van der Waals surface area contributed by atoms with E-state index in [1.807, 2.05) is 30.5 Å². The predicted molar refractivity (Wildman–Crippen MR) is 77.7 cm³/mol. The van der Waals surface area contributed by atoms with Crippen LogP contribution in [0.25, 0.3) is 10.9 Å². The summed E-state index contributed by atoms with van der Waals surface area (Å²) in [5.41, 5.74) is 1.99. The normalized spacial score (nSPS) is 19.0. The molecular weight excluding hydrogens is 258 g/mol. The van der Waals surface area contributed by atoms with Crippen molar-refractivity contribution in [1.82, 2.24) is 15.2 Å². The van der Waals surface area contributed by atoms with Crippen LogP contribution in [-0.2, 0) is 11.2 Å². The summed E-state index contributed by atoms with van der Waals surface area (Å²) < 4.78 is 0. The summed E-state index contributed by atoms with van der Waals surface area (Å²) >= 11 is 5.07. The van der Waals surface area contributed by atoms with Gasteiger partial charge in [-0.25, -0.2) is 0 Å². The molecule has 5 heteroatoms. The second-order valence-electron chi connectivity index (χ2n) is 4.64. The molecule has 0 radical (unpaired) electrons. The van der Waals surface area contributed by atoms with Gasteiger partial charge >= 0.3 is 0 Å². The van der Waals surface area contributed by atoms with E-state index in [-0.39, 0.29) is 11.9 Å². The Hall–Kier alpha value is -2.01. The van der Waals surface area contributed by atoms with Gasteiger partial charge in [-0.1, -0.05) is 18.2 Å². The number of nitrogens with one attached hydrogen (secondary N) is 1. The molecule has 1 aromatic carbocycles. The average molecular weight is 271 g/mol. The van der Waals surface area contributed by atoms with Crippen LogP contribution in [0.3, 0.4) is 0 Å². The van der Waals surface area contributed by atoms with Gasteiger partial charge in [0.2, 0.25) is 0 Å². The summed E-state index contributed by atoms with van der Waals surface area (Å²) in [6.07, 6.45) is 2.42. The lowest BCUT2D eigenvalue weighted by Gasteiger charge is -2.08. The zero-order valence-corrected chi connectivity index (χ0v) is 11.3. The standard InChI is InChI=1S/C14H13N3OS/c1-17-13(18)12(16-14(17)19)7-9-6-10-4-2-3-5-11(10)15-8-9/h2-6,8,12H,7H2,1H3,(H,16,19). The zero-order valence-electron chi connectivity index (χ0n) is 10.5. The first-order valence-electron chi connectivity index (χ1n) is 6.07. The summed E-state index contributed by atoms with van der Waals surface area (Å²) in [7, 11) is 1.69. The molecule has 1 fully saturated rings. The first-order chi connectivity index (χ1) is 9.15. The molecule has 1 N–H and O–H groups in total. The number of hydrogen-bond acceptors (Lipinski definition) is 3. The van der Waals surface area contributed by atoms with Crippen molar-refractivity contribution in [3.05, 3.63) is 42.1 Å². The summed E-state index contributed by atoms with van der Waals surface area (Å²) in [6, 6.07) is 9.73. The van der Waals surface area contributed by atoms with E-state index in [1.54, 1.807) is 7.05 Å². The van der Waals surface area contributed by atoms with Crippen molar-refractivity contribution in [1.29, 1.82) is 0 Å². The third-order valence-electron chi connectivity index (χ3n) is 3.32. The van der Waals surface area contributed by atoms with Crippen molar-refractivity contribution in [2.75, 3.05) is 7.05 Å². The van der Waals surface area contributed by atoms with E-state index in [1.165, 1.54) is 4.90 Å². The maximum Gasteiger partial charge on any atom is 0.251 e. The Balaban J connectivity index is 1.86. The van der Waals surface area contributed by atoms with Gasteiger partial charge in [-0.05, 0) is 29.9 Å². The molecule has 1 unspecified atom stereocenters. The SMILES string of the molecule is CN1C(=O)C(Cc2cnc3ccccc3c2)NC1=S. The summed E-state index contributed by atoms with van der Waals surface area (Å²) in [6.45, 7) is 0. The van der Waals surface area contributed by atoms with Crippen LogP contribution in [0.1, 0.15) is 5.56 Å². The van der Waals surface area contributed by atoms with E-state index in [0.29, 0.717) is 11.5 Å². The zero-order chi connectivity index (χ0) is 13.4. The number of amides is 1. The maximum absolute atomic E-state index is 11.9. The average Bonchev–Trinajstić information content (AvgIpc) is 2.66. The third kappa shape index (κ3) is 2.17. The van der Waals surface area contributed by atoms with Crippen molar-refractivity contribution in [3.8, 4) is 0 Å². The first kappa shape index (κ1) is 12.0. The molecule has 19 heavy (non-hydrogen) atoms. The largest absolute Gasteiger partial charge is 0.350 e. The number of carbonyl (C=O) groups excluding carboxylic acids is 1. The lowest BCUT2D eigenvalue weighted by atomic mass is 10.1. The molecule has 1 aromatic heterocycles. The number of thiocarbonyl (C=S) groups is 1. The van der Waals surface area contributed by atoms with Crippen molar-refractivity contribution in [3.63, 3.8) is 0 Å². The fourth-order valence-electron chi connectivity index (χ4n) is 2.24. The molecule has 0 aliphatic carbocycles. The van der Waals surface area contributed by atoms with Crippen molar-refractivity contribution < 1.29 is 4.79 Å². The van der Waals surface area contributed by atoms with Crippen molar-refractivity contribution in [2.24, 2.45) is 0 Å². The smallest absolute Gasteiger partial charge is 0.251 e. The highest BCUT2D eigenvalue weighted by atomic mass is 32.1. The highest BCUT2D eigenvalue weighted by Crippen LogP contribution is 2.16. The number of pyridine rings is 1. The van der Waals surface area contributed by atoms with Gasteiger partial charge in [-0.15, -0.1) is 0 Å². The quantitative estimate of drug-likeness (QED) is 0.841. The second kappa shape index (κ2) is 4.59. The summed E-state index contributed by atoms with van der Waals surface area (Å²) in [5.74, 6) is 0.0122. The fraction of sp³-hybridized carbons (Fsp3) is 0.214. The Morgan fingerprint density at radius 1 is 1.42 bits per heavy atom. The van der Waals surface area contributed by atoms with Crippen LogP contribution >= 0.6 is 12.2 Å². The van der Waals surface area contributed by atoms with Crippen molar-refractivity contribution in [2.45, 2.75) is 12.5 Å². The molecule has 96 valence electrons. The molecule has 2 aromatic rings. The minimum absolute atomic E-state index is 0.0122. The molecule has 2 heterocycles. The second-order valence-corrected chi connectivity index (χ2v) is 5.03. The first-order valence-corrected chi connectivity index (χ1v) is 6.48. The molecule has 1 saturated heterocycles. The van der Waals surface area contributed by atoms with Crippen LogP contribution in [0.4, 0.5) is 0 Å². The minimum atomic E-state index is -0.277. The fourth-order valence-corrected chi connectivity index (χ4v) is 2.48. The maximum atomic E-state index is 11.9. The molecule has 0 bridgehead atoms. The van der Waals surface area contributed by atoms with Gasteiger partial charge in [0.1, 0.15) is 6.04 Å². The van der Waals surface area contributed by atoms with Gasteiger partial charge in [0.05, 0.1) is 5.52 Å². The molecule has 1 amide bonds. The number of para-hydroxylation sites is 1.